The molecular weight excluding hydrogens is 340 g/mol. The third kappa shape index (κ3) is 3.93. The molecule has 4 rings (SSSR count). The van der Waals surface area contributed by atoms with Crippen molar-refractivity contribution in [3.8, 4) is 11.5 Å². The summed E-state index contributed by atoms with van der Waals surface area (Å²) in [6.45, 7) is 0. The van der Waals surface area contributed by atoms with Crippen molar-refractivity contribution in [2.45, 2.75) is 18.6 Å². The molecule has 0 heterocycles. The van der Waals surface area contributed by atoms with Gasteiger partial charge in [-0.15, -0.1) is 0 Å². The number of aliphatic hydroxyl groups excluding tert-OH is 1. The molecule has 2 amide bonds. The maximum Gasteiger partial charge on any atom is 0.319 e. The average Bonchev–Trinajstić information content (AvgIpc) is 2.99. The maximum atomic E-state index is 12.3. The van der Waals surface area contributed by atoms with Crippen molar-refractivity contribution in [1.82, 2.24) is 5.32 Å². The quantitative estimate of drug-likeness (QED) is 0.651. The lowest BCUT2D eigenvalue weighted by Crippen LogP contribution is -2.36. The van der Waals surface area contributed by atoms with Gasteiger partial charge in [0.2, 0.25) is 0 Å². The number of carbonyl (C=O) groups is 1. The van der Waals surface area contributed by atoms with E-state index < -0.39 is 12.1 Å². The summed E-state index contributed by atoms with van der Waals surface area (Å²) in [5.41, 5.74) is 2.68. The predicted octanol–water partition coefficient (Wildman–Crippen LogP) is 4.26. The van der Waals surface area contributed by atoms with Crippen molar-refractivity contribution in [3.05, 3.63) is 90.0 Å². The summed E-state index contributed by atoms with van der Waals surface area (Å²) < 4.78 is 5.74. The third-order valence-electron chi connectivity index (χ3n) is 4.58. The van der Waals surface area contributed by atoms with E-state index in [9.17, 15) is 9.90 Å². The molecule has 0 bridgehead atoms. The highest BCUT2D eigenvalue weighted by molar-refractivity contribution is 5.89. The molecule has 3 aromatic rings. The van der Waals surface area contributed by atoms with Crippen LogP contribution in [0, 0.1) is 0 Å². The molecule has 3 aromatic carbocycles. The van der Waals surface area contributed by atoms with Crippen LogP contribution in [-0.2, 0) is 6.42 Å². The Labute approximate surface area is 157 Å². The molecule has 0 radical (unpaired) electrons. The fourth-order valence-corrected chi connectivity index (χ4v) is 3.29. The van der Waals surface area contributed by atoms with Gasteiger partial charge in [-0.1, -0.05) is 42.5 Å². The molecule has 0 fully saturated rings. The number of carbonyl (C=O) groups excluding carboxylic acids is 1. The van der Waals surface area contributed by atoms with Gasteiger partial charge >= 0.3 is 6.03 Å². The molecule has 1 aliphatic carbocycles. The van der Waals surface area contributed by atoms with Crippen LogP contribution in [0.5, 0.6) is 11.5 Å². The van der Waals surface area contributed by atoms with Crippen molar-refractivity contribution in [2.75, 3.05) is 5.32 Å². The minimum Gasteiger partial charge on any atom is -0.457 e. The number of aliphatic hydroxyl groups is 1. The van der Waals surface area contributed by atoms with E-state index in [-0.39, 0.29) is 6.03 Å². The molecule has 5 heteroatoms. The van der Waals surface area contributed by atoms with Gasteiger partial charge in [0, 0.05) is 12.1 Å². The number of hydrogen-bond donors (Lipinski definition) is 3. The van der Waals surface area contributed by atoms with E-state index in [0.717, 1.165) is 16.9 Å². The fourth-order valence-electron chi connectivity index (χ4n) is 3.29. The number of hydrogen-bond acceptors (Lipinski definition) is 3. The number of para-hydroxylation sites is 1. The second kappa shape index (κ2) is 7.51. The highest BCUT2D eigenvalue weighted by Gasteiger charge is 2.31. The van der Waals surface area contributed by atoms with E-state index in [1.54, 1.807) is 24.3 Å². The summed E-state index contributed by atoms with van der Waals surface area (Å²) in [5.74, 6) is 1.44. The van der Waals surface area contributed by atoms with Crippen molar-refractivity contribution >= 4 is 11.7 Å². The Hall–Kier alpha value is -3.31. The number of benzene rings is 3. The van der Waals surface area contributed by atoms with Crippen LogP contribution in [0.25, 0.3) is 0 Å². The standard InChI is InChI=1S/C22H20N2O3/c25-20-14-15-6-4-5-9-19(15)21(20)24-22(26)23-16-10-12-18(13-11-16)27-17-7-2-1-3-8-17/h1-13,20-21,25H,14H2,(H2,23,24,26)/t20-,21+/m0/s1. The third-order valence-corrected chi connectivity index (χ3v) is 4.58. The lowest BCUT2D eigenvalue weighted by atomic mass is 10.1. The van der Waals surface area contributed by atoms with E-state index in [4.69, 9.17) is 4.74 Å². The molecule has 0 aromatic heterocycles. The van der Waals surface area contributed by atoms with E-state index >= 15 is 0 Å². The minimum atomic E-state index is -0.616. The molecule has 0 saturated carbocycles. The zero-order valence-corrected chi connectivity index (χ0v) is 14.6. The number of nitrogens with one attached hydrogen (secondary N) is 2. The summed E-state index contributed by atoms with van der Waals surface area (Å²) in [6, 6.07) is 23.6. The Morgan fingerprint density at radius 1 is 0.889 bits per heavy atom. The van der Waals surface area contributed by atoms with Gasteiger partial charge in [-0.3, -0.25) is 0 Å². The molecule has 2 atom stereocenters. The SMILES string of the molecule is O=C(Nc1ccc(Oc2ccccc2)cc1)N[C@@H]1c2ccccc2C[C@@H]1O. The second-order valence-electron chi connectivity index (χ2n) is 6.49. The van der Waals surface area contributed by atoms with Crippen LogP contribution in [-0.4, -0.2) is 17.2 Å². The predicted molar refractivity (Wildman–Crippen MR) is 104 cm³/mol. The Morgan fingerprint density at radius 2 is 1.56 bits per heavy atom. The number of fused-ring (bicyclic) bond motifs is 1. The first-order valence-electron chi connectivity index (χ1n) is 8.85. The first-order chi connectivity index (χ1) is 13.2. The molecule has 1 aliphatic rings. The number of amides is 2. The molecule has 27 heavy (non-hydrogen) atoms. The molecular formula is C22H20N2O3. The van der Waals surface area contributed by atoms with Crippen molar-refractivity contribution in [3.63, 3.8) is 0 Å². The van der Waals surface area contributed by atoms with Crippen molar-refractivity contribution < 1.29 is 14.6 Å². The lowest BCUT2D eigenvalue weighted by molar-refractivity contribution is 0.144. The Kier molecular flexibility index (Phi) is 4.77. The number of ether oxygens (including phenoxy) is 1. The smallest absolute Gasteiger partial charge is 0.319 e. The van der Waals surface area contributed by atoms with Gasteiger partial charge in [-0.05, 0) is 47.5 Å². The number of rotatable bonds is 4. The van der Waals surface area contributed by atoms with Gasteiger partial charge in [0.05, 0.1) is 12.1 Å². The van der Waals surface area contributed by atoms with Crippen LogP contribution in [0.3, 0.4) is 0 Å². The second-order valence-corrected chi connectivity index (χ2v) is 6.49. The Bertz CT molecular complexity index is 926. The fraction of sp³-hybridized carbons (Fsp3) is 0.136. The highest BCUT2D eigenvalue weighted by atomic mass is 16.5. The van der Waals surface area contributed by atoms with Crippen molar-refractivity contribution in [2.24, 2.45) is 0 Å². The molecule has 0 aliphatic heterocycles. The van der Waals surface area contributed by atoms with Gasteiger partial charge in [-0.25, -0.2) is 4.79 Å². The minimum absolute atomic E-state index is 0.354. The van der Waals surface area contributed by atoms with Gasteiger partial charge in [0.15, 0.2) is 0 Å². The van der Waals surface area contributed by atoms with E-state index in [1.807, 2.05) is 54.6 Å². The summed E-state index contributed by atoms with van der Waals surface area (Å²) in [5, 5.41) is 15.9. The van der Waals surface area contributed by atoms with Crippen LogP contribution < -0.4 is 15.4 Å². The molecule has 0 spiro atoms. The molecule has 3 N–H and O–H groups in total. The zero-order chi connectivity index (χ0) is 18.6. The molecule has 0 unspecified atom stereocenters. The molecule has 0 saturated heterocycles. The highest BCUT2D eigenvalue weighted by Crippen LogP contribution is 2.31. The summed E-state index contributed by atoms with van der Waals surface area (Å²) in [7, 11) is 0. The number of anilines is 1. The monoisotopic (exact) mass is 360 g/mol. The Balaban J connectivity index is 1.37. The topological polar surface area (TPSA) is 70.6 Å². The Morgan fingerprint density at radius 3 is 2.33 bits per heavy atom. The zero-order valence-electron chi connectivity index (χ0n) is 14.6. The first-order valence-corrected chi connectivity index (χ1v) is 8.85. The maximum absolute atomic E-state index is 12.3. The van der Waals surface area contributed by atoms with Gasteiger partial charge in [0.25, 0.3) is 0 Å². The first kappa shape index (κ1) is 17.1. The van der Waals surface area contributed by atoms with Crippen LogP contribution in [0.4, 0.5) is 10.5 Å². The molecule has 136 valence electrons. The van der Waals surface area contributed by atoms with Crippen molar-refractivity contribution in [1.29, 1.82) is 0 Å². The average molecular weight is 360 g/mol. The van der Waals surface area contributed by atoms with Crippen LogP contribution in [0.1, 0.15) is 17.2 Å². The summed E-state index contributed by atoms with van der Waals surface area (Å²) in [4.78, 5) is 12.3. The number of urea groups is 1. The summed E-state index contributed by atoms with van der Waals surface area (Å²) in [6.07, 6.45) is -0.0677. The lowest BCUT2D eigenvalue weighted by Gasteiger charge is -2.18. The normalized spacial score (nSPS) is 17.8. The van der Waals surface area contributed by atoms with E-state index in [2.05, 4.69) is 10.6 Å². The molecule has 5 nitrogen and oxygen atoms in total. The van der Waals surface area contributed by atoms with E-state index in [0.29, 0.717) is 17.9 Å². The van der Waals surface area contributed by atoms with E-state index in [1.165, 1.54) is 0 Å². The largest absolute Gasteiger partial charge is 0.457 e. The van der Waals surface area contributed by atoms with Gasteiger partial charge < -0.3 is 20.5 Å². The van der Waals surface area contributed by atoms with Crippen LogP contribution >= 0.6 is 0 Å². The van der Waals surface area contributed by atoms with Crippen LogP contribution in [0.2, 0.25) is 0 Å². The van der Waals surface area contributed by atoms with Gasteiger partial charge in [-0.2, -0.15) is 0 Å². The van der Waals surface area contributed by atoms with Gasteiger partial charge in [0.1, 0.15) is 11.5 Å². The summed E-state index contributed by atoms with van der Waals surface area (Å²) >= 11 is 0. The van der Waals surface area contributed by atoms with Crippen LogP contribution in [0.15, 0.2) is 78.9 Å².